The Hall–Kier alpha value is -2.04. The summed E-state index contributed by atoms with van der Waals surface area (Å²) < 4.78 is 5.48. The number of ether oxygens (including phenoxy) is 1. The highest BCUT2D eigenvalue weighted by Crippen LogP contribution is 2.18. The highest BCUT2D eigenvalue weighted by Gasteiger charge is 2.02. The third-order valence-electron chi connectivity index (χ3n) is 2.86. The maximum atomic E-state index is 6.11. The molecule has 114 valence electrons. The monoisotopic (exact) mass is 332 g/mol. The van der Waals surface area contributed by atoms with Crippen LogP contribution >= 0.6 is 23.8 Å². The summed E-state index contributed by atoms with van der Waals surface area (Å²) in [5.41, 5.74) is 1.86. The summed E-state index contributed by atoms with van der Waals surface area (Å²) in [6.45, 7) is 4.66. The molecule has 0 saturated heterocycles. The first-order valence-corrected chi connectivity index (χ1v) is 7.59. The van der Waals surface area contributed by atoms with Crippen LogP contribution in [0, 0.1) is 0 Å². The molecule has 0 aliphatic rings. The highest BCUT2D eigenvalue weighted by molar-refractivity contribution is 7.80. The Bertz CT molecular complexity index is 661. The second-order valence-electron chi connectivity index (χ2n) is 4.53. The Morgan fingerprint density at radius 2 is 2.05 bits per heavy atom. The van der Waals surface area contributed by atoms with E-state index in [2.05, 4.69) is 17.2 Å². The van der Waals surface area contributed by atoms with Crippen LogP contribution in [0.4, 0.5) is 5.69 Å². The molecule has 2 aromatic carbocycles. The van der Waals surface area contributed by atoms with Crippen molar-refractivity contribution in [2.24, 2.45) is 0 Å². The molecule has 0 spiro atoms. The van der Waals surface area contributed by atoms with Crippen molar-refractivity contribution in [3.8, 4) is 5.75 Å². The fourth-order valence-corrected chi connectivity index (χ4v) is 2.20. The van der Waals surface area contributed by atoms with Gasteiger partial charge in [0.15, 0.2) is 5.11 Å². The first-order valence-electron chi connectivity index (χ1n) is 6.81. The molecule has 0 amide bonds. The normalized spacial score (nSPS) is 9.86. The first kappa shape index (κ1) is 16.3. The van der Waals surface area contributed by atoms with Crippen molar-refractivity contribution >= 4 is 34.6 Å². The zero-order valence-corrected chi connectivity index (χ0v) is 13.6. The van der Waals surface area contributed by atoms with Crippen LogP contribution in [0.2, 0.25) is 5.02 Å². The van der Waals surface area contributed by atoms with E-state index >= 15 is 0 Å². The van der Waals surface area contributed by atoms with E-state index in [9.17, 15) is 0 Å². The summed E-state index contributed by atoms with van der Waals surface area (Å²) >= 11 is 11.4. The smallest absolute Gasteiger partial charge is 0.171 e. The van der Waals surface area contributed by atoms with Crippen molar-refractivity contribution in [2.45, 2.75) is 6.54 Å². The van der Waals surface area contributed by atoms with Crippen molar-refractivity contribution in [3.63, 3.8) is 0 Å². The molecule has 0 bridgehead atoms. The van der Waals surface area contributed by atoms with E-state index in [0.717, 1.165) is 22.0 Å². The van der Waals surface area contributed by atoms with Crippen molar-refractivity contribution in [2.75, 3.05) is 11.9 Å². The van der Waals surface area contributed by atoms with Crippen molar-refractivity contribution in [3.05, 3.63) is 71.8 Å². The molecule has 22 heavy (non-hydrogen) atoms. The van der Waals surface area contributed by atoms with E-state index in [1.54, 1.807) is 6.08 Å². The molecule has 2 aromatic rings. The maximum Gasteiger partial charge on any atom is 0.171 e. The van der Waals surface area contributed by atoms with E-state index in [0.29, 0.717) is 18.3 Å². The van der Waals surface area contributed by atoms with Crippen LogP contribution in [0.15, 0.2) is 61.2 Å². The third-order valence-corrected chi connectivity index (χ3v) is 3.47. The third kappa shape index (κ3) is 5.06. The molecule has 0 atom stereocenters. The largest absolute Gasteiger partial charge is 0.489 e. The number of hydrogen-bond donors (Lipinski definition) is 2. The molecule has 0 saturated carbocycles. The SMILES string of the molecule is C=CCOc1cccc(NC(=S)NCc2ccccc2Cl)c1. The van der Waals surface area contributed by atoms with Gasteiger partial charge in [0, 0.05) is 23.3 Å². The molecule has 2 rings (SSSR count). The number of benzene rings is 2. The van der Waals surface area contributed by atoms with Crippen LogP contribution in [-0.4, -0.2) is 11.7 Å². The number of anilines is 1. The lowest BCUT2D eigenvalue weighted by Crippen LogP contribution is -2.27. The predicted octanol–water partition coefficient (Wildman–Crippen LogP) is 4.39. The molecule has 0 aliphatic carbocycles. The molecule has 0 heterocycles. The Morgan fingerprint density at radius 1 is 1.23 bits per heavy atom. The van der Waals surface area contributed by atoms with Crippen LogP contribution in [-0.2, 0) is 6.54 Å². The molecule has 0 radical (unpaired) electrons. The van der Waals surface area contributed by atoms with Gasteiger partial charge in [0.2, 0.25) is 0 Å². The van der Waals surface area contributed by atoms with Crippen LogP contribution in [0.5, 0.6) is 5.75 Å². The molecular formula is C17H17ClN2OS. The average Bonchev–Trinajstić information content (AvgIpc) is 2.52. The molecule has 2 N–H and O–H groups in total. The molecular weight excluding hydrogens is 316 g/mol. The Morgan fingerprint density at radius 3 is 2.82 bits per heavy atom. The Kier molecular flexibility index (Phi) is 6.25. The van der Waals surface area contributed by atoms with Gasteiger partial charge in [-0.3, -0.25) is 0 Å². The lowest BCUT2D eigenvalue weighted by atomic mass is 10.2. The quantitative estimate of drug-likeness (QED) is 0.607. The molecule has 0 aliphatic heterocycles. The van der Waals surface area contributed by atoms with E-state index in [1.165, 1.54) is 0 Å². The minimum Gasteiger partial charge on any atom is -0.489 e. The van der Waals surface area contributed by atoms with Gasteiger partial charge in [0.25, 0.3) is 0 Å². The number of hydrogen-bond acceptors (Lipinski definition) is 2. The number of halogens is 1. The minimum absolute atomic E-state index is 0.471. The fraction of sp³-hybridized carbons (Fsp3) is 0.118. The van der Waals surface area contributed by atoms with Gasteiger partial charge in [-0.05, 0) is 36.0 Å². The maximum absolute atomic E-state index is 6.11. The Balaban J connectivity index is 1.89. The Labute approximate surface area is 140 Å². The highest BCUT2D eigenvalue weighted by atomic mass is 35.5. The number of rotatable bonds is 6. The standard InChI is InChI=1S/C17H17ClN2OS/c1-2-10-21-15-8-5-7-14(11-15)20-17(22)19-12-13-6-3-4-9-16(13)18/h2-9,11H,1,10,12H2,(H2,19,20,22). The van der Waals surface area contributed by atoms with E-state index < -0.39 is 0 Å². The lowest BCUT2D eigenvalue weighted by Gasteiger charge is -2.12. The van der Waals surface area contributed by atoms with Crippen LogP contribution < -0.4 is 15.4 Å². The second kappa shape index (κ2) is 8.41. The molecule has 0 unspecified atom stereocenters. The molecule has 3 nitrogen and oxygen atoms in total. The summed E-state index contributed by atoms with van der Waals surface area (Å²) in [6, 6.07) is 15.2. The zero-order chi connectivity index (χ0) is 15.8. The summed E-state index contributed by atoms with van der Waals surface area (Å²) in [5.74, 6) is 0.763. The zero-order valence-electron chi connectivity index (χ0n) is 12.0. The van der Waals surface area contributed by atoms with Crippen molar-refractivity contribution < 1.29 is 4.74 Å². The summed E-state index contributed by atoms with van der Waals surface area (Å²) in [5, 5.41) is 7.50. The van der Waals surface area contributed by atoms with Crippen LogP contribution in [0.1, 0.15) is 5.56 Å². The fourth-order valence-electron chi connectivity index (χ4n) is 1.81. The lowest BCUT2D eigenvalue weighted by molar-refractivity contribution is 0.363. The van der Waals surface area contributed by atoms with Gasteiger partial charge in [-0.2, -0.15) is 0 Å². The molecule has 5 heteroatoms. The van der Waals surface area contributed by atoms with E-state index in [1.807, 2.05) is 48.5 Å². The van der Waals surface area contributed by atoms with Gasteiger partial charge < -0.3 is 15.4 Å². The van der Waals surface area contributed by atoms with Gasteiger partial charge in [-0.25, -0.2) is 0 Å². The molecule has 0 aromatic heterocycles. The second-order valence-corrected chi connectivity index (χ2v) is 5.34. The summed E-state index contributed by atoms with van der Waals surface area (Å²) in [4.78, 5) is 0. The number of nitrogens with one attached hydrogen (secondary N) is 2. The van der Waals surface area contributed by atoms with Gasteiger partial charge in [-0.15, -0.1) is 0 Å². The van der Waals surface area contributed by atoms with E-state index in [4.69, 9.17) is 28.6 Å². The van der Waals surface area contributed by atoms with Gasteiger partial charge in [-0.1, -0.05) is 48.5 Å². The first-order chi connectivity index (χ1) is 10.7. The van der Waals surface area contributed by atoms with E-state index in [-0.39, 0.29) is 0 Å². The molecule has 0 fully saturated rings. The van der Waals surface area contributed by atoms with Crippen LogP contribution in [0.3, 0.4) is 0 Å². The van der Waals surface area contributed by atoms with Gasteiger partial charge in [0.05, 0.1) is 0 Å². The average molecular weight is 333 g/mol. The van der Waals surface area contributed by atoms with Gasteiger partial charge in [0.1, 0.15) is 12.4 Å². The number of thiocarbonyl (C=S) groups is 1. The van der Waals surface area contributed by atoms with Gasteiger partial charge >= 0.3 is 0 Å². The van der Waals surface area contributed by atoms with Crippen molar-refractivity contribution in [1.29, 1.82) is 0 Å². The topological polar surface area (TPSA) is 33.3 Å². The predicted molar refractivity (Wildman–Crippen MR) is 96.6 cm³/mol. The van der Waals surface area contributed by atoms with Crippen molar-refractivity contribution in [1.82, 2.24) is 5.32 Å². The summed E-state index contributed by atoms with van der Waals surface area (Å²) in [7, 11) is 0. The summed E-state index contributed by atoms with van der Waals surface area (Å²) in [6.07, 6.45) is 1.70. The van der Waals surface area contributed by atoms with Crippen LogP contribution in [0.25, 0.3) is 0 Å². The minimum atomic E-state index is 0.471.